The second kappa shape index (κ2) is 5.84. The highest BCUT2D eigenvalue weighted by molar-refractivity contribution is 5.35. The zero-order valence-electron chi connectivity index (χ0n) is 11.4. The van der Waals surface area contributed by atoms with Crippen LogP contribution in [0.3, 0.4) is 0 Å². The summed E-state index contributed by atoms with van der Waals surface area (Å²) >= 11 is 0. The minimum Gasteiger partial charge on any atom is -0.494 e. The molecule has 0 saturated carbocycles. The predicted molar refractivity (Wildman–Crippen MR) is 71.7 cm³/mol. The van der Waals surface area contributed by atoms with E-state index in [0.717, 1.165) is 17.8 Å². The van der Waals surface area contributed by atoms with Crippen LogP contribution in [0.4, 0.5) is 4.39 Å². The van der Waals surface area contributed by atoms with Gasteiger partial charge in [0.05, 0.1) is 18.8 Å². The zero-order valence-corrected chi connectivity index (χ0v) is 11.4. The van der Waals surface area contributed by atoms with Crippen LogP contribution in [0.15, 0.2) is 30.5 Å². The molecule has 102 valence electrons. The smallest absolute Gasteiger partial charge is 0.165 e. The van der Waals surface area contributed by atoms with Crippen molar-refractivity contribution in [3.8, 4) is 5.75 Å². The maximum Gasteiger partial charge on any atom is 0.165 e. The van der Waals surface area contributed by atoms with Crippen molar-refractivity contribution < 1.29 is 9.13 Å². The van der Waals surface area contributed by atoms with E-state index in [9.17, 15) is 4.39 Å². The van der Waals surface area contributed by atoms with Gasteiger partial charge in [-0.15, -0.1) is 0 Å². The number of nitrogens with one attached hydrogen (secondary N) is 1. The van der Waals surface area contributed by atoms with Crippen molar-refractivity contribution in [1.29, 1.82) is 0 Å². The SMILES string of the molecule is CCNC(c1ccc(F)c(OC)c1)c1ccn(C)n1. The summed E-state index contributed by atoms with van der Waals surface area (Å²) in [4.78, 5) is 0. The number of rotatable bonds is 5. The summed E-state index contributed by atoms with van der Waals surface area (Å²) in [6, 6.07) is 6.75. The van der Waals surface area contributed by atoms with Crippen LogP contribution < -0.4 is 10.1 Å². The third-order valence-corrected chi connectivity index (χ3v) is 2.95. The zero-order chi connectivity index (χ0) is 13.8. The summed E-state index contributed by atoms with van der Waals surface area (Å²) in [6.45, 7) is 2.82. The first-order valence-corrected chi connectivity index (χ1v) is 6.22. The third-order valence-electron chi connectivity index (χ3n) is 2.95. The topological polar surface area (TPSA) is 39.1 Å². The maximum absolute atomic E-state index is 13.5. The van der Waals surface area contributed by atoms with Crippen LogP contribution in [0.2, 0.25) is 0 Å². The molecule has 0 bridgehead atoms. The minimum absolute atomic E-state index is 0.0688. The van der Waals surface area contributed by atoms with Crippen LogP contribution >= 0.6 is 0 Å². The van der Waals surface area contributed by atoms with E-state index in [1.54, 1.807) is 16.8 Å². The average molecular weight is 263 g/mol. The van der Waals surface area contributed by atoms with Crippen LogP contribution in [-0.4, -0.2) is 23.4 Å². The van der Waals surface area contributed by atoms with Gasteiger partial charge in [-0.05, 0) is 30.3 Å². The van der Waals surface area contributed by atoms with E-state index in [0.29, 0.717) is 0 Å². The predicted octanol–water partition coefficient (Wildman–Crippen LogP) is 2.27. The van der Waals surface area contributed by atoms with Crippen LogP contribution in [0.1, 0.15) is 24.2 Å². The highest BCUT2D eigenvalue weighted by atomic mass is 19.1. The number of aromatic nitrogens is 2. The van der Waals surface area contributed by atoms with Gasteiger partial charge in [0.15, 0.2) is 11.6 Å². The van der Waals surface area contributed by atoms with Gasteiger partial charge in [0.2, 0.25) is 0 Å². The van der Waals surface area contributed by atoms with Gasteiger partial charge >= 0.3 is 0 Å². The molecule has 1 unspecified atom stereocenters. The Kier molecular flexibility index (Phi) is 4.16. The normalized spacial score (nSPS) is 12.4. The number of hydrogen-bond donors (Lipinski definition) is 1. The van der Waals surface area contributed by atoms with E-state index in [-0.39, 0.29) is 17.6 Å². The summed E-state index contributed by atoms with van der Waals surface area (Å²) in [6.07, 6.45) is 1.89. The number of benzene rings is 1. The van der Waals surface area contributed by atoms with E-state index in [1.807, 2.05) is 26.2 Å². The number of methoxy groups -OCH3 is 1. The molecule has 1 N–H and O–H groups in total. The van der Waals surface area contributed by atoms with E-state index >= 15 is 0 Å². The fraction of sp³-hybridized carbons (Fsp3) is 0.357. The first-order chi connectivity index (χ1) is 9.15. The molecule has 1 heterocycles. The first kappa shape index (κ1) is 13.5. The summed E-state index contributed by atoms with van der Waals surface area (Å²) < 4.78 is 20.2. The lowest BCUT2D eigenvalue weighted by molar-refractivity contribution is 0.385. The maximum atomic E-state index is 13.5. The van der Waals surface area contributed by atoms with Crippen molar-refractivity contribution in [2.24, 2.45) is 7.05 Å². The standard InChI is InChI=1S/C14H18FN3O/c1-4-16-14(12-7-8-18(2)17-12)10-5-6-11(15)13(9-10)19-3/h5-9,14,16H,4H2,1-3H3. The summed E-state index contributed by atoms with van der Waals surface area (Å²) in [7, 11) is 3.34. The van der Waals surface area contributed by atoms with Crippen molar-refractivity contribution >= 4 is 0 Å². The monoisotopic (exact) mass is 263 g/mol. The molecule has 0 saturated heterocycles. The van der Waals surface area contributed by atoms with Gasteiger partial charge < -0.3 is 10.1 Å². The van der Waals surface area contributed by atoms with Crippen LogP contribution in [-0.2, 0) is 7.05 Å². The fourth-order valence-corrected chi connectivity index (χ4v) is 2.04. The summed E-state index contributed by atoms with van der Waals surface area (Å²) in [5.74, 6) is -0.112. The highest BCUT2D eigenvalue weighted by Crippen LogP contribution is 2.26. The second-order valence-corrected chi connectivity index (χ2v) is 4.30. The molecule has 0 spiro atoms. The fourth-order valence-electron chi connectivity index (χ4n) is 2.04. The number of nitrogens with zero attached hydrogens (tertiary/aromatic N) is 2. The lowest BCUT2D eigenvalue weighted by atomic mass is 10.0. The molecule has 0 aliphatic carbocycles. The molecule has 5 heteroatoms. The molecule has 0 aliphatic rings. The van der Waals surface area contributed by atoms with E-state index in [1.165, 1.54) is 13.2 Å². The molecule has 1 aromatic heterocycles. The molecule has 0 amide bonds. The Morgan fingerprint density at radius 1 is 1.42 bits per heavy atom. The molecule has 1 aromatic carbocycles. The van der Waals surface area contributed by atoms with Gasteiger partial charge in [0, 0.05) is 13.2 Å². The Balaban J connectivity index is 2.38. The highest BCUT2D eigenvalue weighted by Gasteiger charge is 2.17. The number of hydrogen-bond acceptors (Lipinski definition) is 3. The van der Waals surface area contributed by atoms with Crippen LogP contribution in [0.25, 0.3) is 0 Å². The third kappa shape index (κ3) is 2.93. The van der Waals surface area contributed by atoms with Gasteiger partial charge in [-0.25, -0.2) is 4.39 Å². The van der Waals surface area contributed by atoms with Crippen molar-refractivity contribution in [2.75, 3.05) is 13.7 Å². The molecule has 0 aliphatic heterocycles. The summed E-state index contributed by atoms with van der Waals surface area (Å²) in [5.41, 5.74) is 1.83. The number of aryl methyl sites for hydroxylation is 1. The largest absolute Gasteiger partial charge is 0.494 e. The molecule has 0 fully saturated rings. The Morgan fingerprint density at radius 3 is 2.79 bits per heavy atom. The summed E-state index contributed by atoms with van der Waals surface area (Å²) in [5, 5.41) is 7.75. The molecular formula is C14H18FN3O. The van der Waals surface area contributed by atoms with E-state index < -0.39 is 0 Å². The first-order valence-electron chi connectivity index (χ1n) is 6.22. The van der Waals surface area contributed by atoms with E-state index in [4.69, 9.17) is 4.74 Å². The molecule has 0 radical (unpaired) electrons. The van der Waals surface area contributed by atoms with Gasteiger partial charge in [-0.1, -0.05) is 13.0 Å². The second-order valence-electron chi connectivity index (χ2n) is 4.30. The van der Waals surface area contributed by atoms with Crippen molar-refractivity contribution in [2.45, 2.75) is 13.0 Å². The van der Waals surface area contributed by atoms with Gasteiger partial charge in [-0.2, -0.15) is 5.10 Å². The Hall–Kier alpha value is -1.88. The quantitative estimate of drug-likeness (QED) is 0.899. The van der Waals surface area contributed by atoms with Crippen LogP contribution in [0.5, 0.6) is 5.75 Å². The lowest BCUT2D eigenvalue weighted by Crippen LogP contribution is -2.22. The van der Waals surface area contributed by atoms with Crippen molar-refractivity contribution in [3.05, 3.63) is 47.5 Å². The molecule has 1 atom stereocenters. The van der Waals surface area contributed by atoms with Crippen molar-refractivity contribution in [1.82, 2.24) is 15.1 Å². The molecule has 2 aromatic rings. The van der Waals surface area contributed by atoms with E-state index in [2.05, 4.69) is 10.4 Å². The molecule has 2 rings (SSSR count). The van der Waals surface area contributed by atoms with Crippen LogP contribution in [0, 0.1) is 5.82 Å². The average Bonchev–Trinajstić information content (AvgIpc) is 2.83. The Labute approximate surface area is 112 Å². The van der Waals surface area contributed by atoms with Gasteiger partial charge in [0.25, 0.3) is 0 Å². The Morgan fingerprint density at radius 2 is 2.21 bits per heavy atom. The number of halogens is 1. The minimum atomic E-state index is -0.359. The molecule has 4 nitrogen and oxygen atoms in total. The van der Waals surface area contributed by atoms with Gasteiger partial charge in [0.1, 0.15) is 0 Å². The lowest BCUT2D eigenvalue weighted by Gasteiger charge is -2.17. The van der Waals surface area contributed by atoms with Crippen molar-refractivity contribution in [3.63, 3.8) is 0 Å². The van der Waals surface area contributed by atoms with Gasteiger partial charge in [-0.3, -0.25) is 4.68 Å². The molecule has 19 heavy (non-hydrogen) atoms. The Bertz CT molecular complexity index is 553. The molecular weight excluding hydrogens is 245 g/mol. The number of ether oxygens (including phenoxy) is 1.